The van der Waals surface area contributed by atoms with E-state index in [4.69, 9.17) is 5.11 Å². The van der Waals surface area contributed by atoms with Crippen LogP contribution in [0.15, 0.2) is 30.3 Å². The Morgan fingerprint density at radius 1 is 1.26 bits per heavy atom. The molecule has 0 aliphatic carbocycles. The molecule has 102 valence electrons. The summed E-state index contributed by atoms with van der Waals surface area (Å²) in [5.74, 6) is -0.693. The maximum Gasteiger partial charge on any atom is 0.303 e. The van der Waals surface area contributed by atoms with Gasteiger partial charge in [0.25, 0.3) is 0 Å². The summed E-state index contributed by atoms with van der Waals surface area (Å²) in [5.41, 5.74) is 3.97. The largest absolute Gasteiger partial charge is 0.481 e. The monoisotopic (exact) mass is 259 g/mol. The summed E-state index contributed by atoms with van der Waals surface area (Å²) in [4.78, 5) is 12.8. The zero-order valence-electron chi connectivity index (χ0n) is 11.4. The number of rotatable bonds is 6. The summed E-state index contributed by atoms with van der Waals surface area (Å²) in [5, 5.41) is 8.60. The number of hydrogen-bond donors (Lipinski definition) is 1. The van der Waals surface area contributed by atoms with Gasteiger partial charge in [-0.3, -0.25) is 4.79 Å². The Bertz CT molecular complexity index is 479. The van der Waals surface area contributed by atoms with Crippen LogP contribution in [-0.2, 0) is 4.79 Å². The number of allylic oxidation sites excluding steroid dienone is 1. The number of hydrogen-bond acceptors (Lipinski definition) is 2. The molecule has 1 N–H and O–H groups in total. The molecule has 3 nitrogen and oxygen atoms in total. The van der Waals surface area contributed by atoms with Crippen molar-refractivity contribution in [3.63, 3.8) is 0 Å². The van der Waals surface area contributed by atoms with Gasteiger partial charge in [0.05, 0.1) is 0 Å². The first-order chi connectivity index (χ1) is 9.18. The van der Waals surface area contributed by atoms with Gasteiger partial charge in [0.15, 0.2) is 0 Å². The fraction of sp³-hybridized carbons (Fsp3) is 0.438. The van der Waals surface area contributed by atoms with Crippen LogP contribution in [-0.4, -0.2) is 24.2 Å². The zero-order chi connectivity index (χ0) is 13.7. The lowest BCUT2D eigenvalue weighted by molar-refractivity contribution is -0.137. The minimum atomic E-state index is -0.693. The third-order valence-corrected chi connectivity index (χ3v) is 3.61. The van der Waals surface area contributed by atoms with Crippen molar-refractivity contribution < 1.29 is 9.90 Å². The van der Waals surface area contributed by atoms with Gasteiger partial charge in [0.2, 0.25) is 0 Å². The summed E-state index contributed by atoms with van der Waals surface area (Å²) >= 11 is 0. The number of carboxylic acid groups (broad SMARTS) is 1. The second-order valence-electron chi connectivity index (χ2n) is 5.05. The summed E-state index contributed by atoms with van der Waals surface area (Å²) in [6.45, 7) is 4.12. The SMILES string of the molecule is CC1=CCN(CCCCCC(=O)O)c2ccccc21. The number of unbranched alkanes of at least 4 members (excludes halogenated alkanes) is 2. The number of aliphatic carboxylic acids is 1. The standard InChI is InChI=1S/C16H21NO2/c1-13-10-12-17(11-6-2-3-9-16(18)19)15-8-5-4-7-14(13)15/h4-5,7-8,10H,2-3,6,9,11-12H2,1H3,(H,18,19). The minimum Gasteiger partial charge on any atom is -0.481 e. The van der Waals surface area contributed by atoms with Crippen LogP contribution in [0.3, 0.4) is 0 Å². The zero-order valence-corrected chi connectivity index (χ0v) is 11.4. The van der Waals surface area contributed by atoms with Crippen LogP contribution in [0.1, 0.15) is 38.2 Å². The summed E-state index contributed by atoms with van der Waals surface area (Å²) in [6, 6.07) is 8.49. The molecule has 2 rings (SSSR count). The second-order valence-corrected chi connectivity index (χ2v) is 5.05. The molecule has 1 aromatic rings. The Kier molecular flexibility index (Phi) is 4.61. The van der Waals surface area contributed by atoms with Gasteiger partial charge in [-0.25, -0.2) is 0 Å². The highest BCUT2D eigenvalue weighted by Crippen LogP contribution is 2.30. The van der Waals surface area contributed by atoms with Gasteiger partial charge in [-0.05, 0) is 31.4 Å². The average Bonchev–Trinajstić information content (AvgIpc) is 2.41. The van der Waals surface area contributed by atoms with Crippen molar-refractivity contribution in [2.75, 3.05) is 18.0 Å². The molecule has 0 bridgehead atoms. The van der Waals surface area contributed by atoms with Crippen LogP contribution in [0, 0.1) is 0 Å². The Hall–Kier alpha value is -1.77. The molecule has 0 radical (unpaired) electrons. The van der Waals surface area contributed by atoms with Gasteiger partial charge in [0, 0.05) is 30.8 Å². The van der Waals surface area contributed by atoms with Gasteiger partial charge >= 0.3 is 5.97 Å². The molecule has 0 saturated heterocycles. The summed E-state index contributed by atoms with van der Waals surface area (Å²) in [7, 11) is 0. The van der Waals surface area contributed by atoms with Crippen LogP contribution in [0.2, 0.25) is 0 Å². The maximum absolute atomic E-state index is 10.4. The highest BCUT2D eigenvalue weighted by molar-refractivity contribution is 5.79. The van der Waals surface area contributed by atoms with Crippen molar-refractivity contribution in [2.45, 2.75) is 32.6 Å². The molecule has 1 aliphatic rings. The number of carbonyl (C=O) groups is 1. The molecular formula is C16H21NO2. The first-order valence-corrected chi connectivity index (χ1v) is 6.91. The van der Waals surface area contributed by atoms with E-state index in [1.54, 1.807) is 0 Å². The number of anilines is 1. The summed E-state index contributed by atoms with van der Waals surface area (Å²) in [6.07, 6.45) is 5.36. The molecular weight excluding hydrogens is 238 g/mol. The van der Waals surface area contributed by atoms with E-state index >= 15 is 0 Å². The highest BCUT2D eigenvalue weighted by atomic mass is 16.4. The van der Waals surface area contributed by atoms with Crippen molar-refractivity contribution in [3.8, 4) is 0 Å². The van der Waals surface area contributed by atoms with Crippen molar-refractivity contribution in [1.82, 2.24) is 0 Å². The van der Waals surface area contributed by atoms with Crippen LogP contribution < -0.4 is 4.90 Å². The predicted octanol–water partition coefficient (Wildman–Crippen LogP) is 3.55. The lowest BCUT2D eigenvalue weighted by Gasteiger charge is -2.30. The molecule has 19 heavy (non-hydrogen) atoms. The van der Waals surface area contributed by atoms with Crippen LogP contribution in [0.4, 0.5) is 5.69 Å². The predicted molar refractivity (Wildman–Crippen MR) is 78.4 cm³/mol. The van der Waals surface area contributed by atoms with E-state index in [2.05, 4.69) is 42.2 Å². The van der Waals surface area contributed by atoms with Crippen LogP contribution in [0.25, 0.3) is 5.57 Å². The molecule has 3 heteroatoms. The van der Waals surface area contributed by atoms with E-state index in [1.807, 2.05) is 0 Å². The molecule has 0 fully saturated rings. The third kappa shape index (κ3) is 3.60. The fourth-order valence-corrected chi connectivity index (χ4v) is 2.51. The van der Waals surface area contributed by atoms with E-state index in [1.165, 1.54) is 16.8 Å². The quantitative estimate of drug-likeness (QED) is 0.794. The van der Waals surface area contributed by atoms with E-state index in [0.29, 0.717) is 0 Å². The van der Waals surface area contributed by atoms with Gasteiger partial charge in [0.1, 0.15) is 0 Å². The number of fused-ring (bicyclic) bond motifs is 1. The van der Waals surface area contributed by atoms with Gasteiger partial charge < -0.3 is 10.0 Å². The first kappa shape index (κ1) is 13.7. The van der Waals surface area contributed by atoms with Crippen molar-refractivity contribution in [3.05, 3.63) is 35.9 Å². The molecule has 1 aromatic carbocycles. The van der Waals surface area contributed by atoms with Gasteiger partial charge in [-0.1, -0.05) is 30.7 Å². The molecule has 0 unspecified atom stereocenters. The molecule has 0 aromatic heterocycles. The van der Waals surface area contributed by atoms with Crippen molar-refractivity contribution in [1.29, 1.82) is 0 Å². The van der Waals surface area contributed by atoms with Gasteiger partial charge in [-0.15, -0.1) is 0 Å². The minimum absolute atomic E-state index is 0.287. The fourth-order valence-electron chi connectivity index (χ4n) is 2.51. The Morgan fingerprint density at radius 2 is 2.05 bits per heavy atom. The lowest BCUT2D eigenvalue weighted by Crippen LogP contribution is -2.27. The van der Waals surface area contributed by atoms with Crippen molar-refractivity contribution >= 4 is 17.2 Å². The third-order valence-electron chi connectivity index (χ3n) is 3.61. The van der Waals surface area contributed by atoms with Crippen LogP contribution >= 0.6 is 0 Å². The number of nitrogens with zero attached hydrogens (tertiary/aromatic N) is 1. The molecule has 1 heterocycles. The number of benzene rings is 1. The van der Waals surface area contributed by atoms with Gasteiger partial charge in [-0.2, -0.15) is 0 Å². The molecule has 0 saturated carbocycles. The molecule has 0 amide bonds. The lowest BCUT2D eigenvalue weighted by atomic mass is 10.00. The van der Waals surface area contributed by atoms with E-state index < -0.39 is 5.97 Å². The second kappa shape index (κ2) is 6.41. The highest BCUT2D eigenvalue weighted by Gasteiger charge is 2.15. The normalized spacial score (nSPS) is 13.9. The van der Waals surface area contributed by atoms with E-state index in [9.17, 15) is 4.79 Å². The molecule has 0 spiro atoms. The summed E-state index contributed by atoms with van der Waals surface area (Å²) < 4.78 is 0. The molecule has 0 atom stereocenters. The Labute approximate surface area is 114 Å². The Morgan fingerprint density at radius 3 is 2.84 bits per heavy atom. The average molecular weight is 259 g/mol. The molecule has 1 aliphatic heterocycles. The maximum atomic E-state index is 10.4. The van der Waals surface area contributed by atoms with E-state index in [-0.39, 0.29) is 6.42 Å². The van der Waals surface area contributed by atoms with Crippen molar-refractivity contribution in [2.24, 2.45) is 0 Å². The number of carboxylic acids is 1. The van der Waals surface area contributed by atoms with E-state index in [0.717, 1.165) is 32.4 Å². The van der Waals surface area contributed by atoms with Crippen LogP contribution in [0.5, 0.6) is 0 Å². The smallest absolute Gasteiger partial charge is 0.303 e. The first-order valence-electron chi connectivity index (χ1n) is 6.91. The Balaban J connectivity index is 1.87. The number of para-hydroxylation sites is 1. The topological polar surface area (TPSA) is 40.5 Å².